The molecule has 0 aliphatic rings. The molecule has 0 fully saturated rings. The van der Waals surface area contributed by atoms with Gasteiger partial charge in [-0.05, 0) is 34.1 Å². The third-order valence-corrected chi connectivity index (χ3v) is 3.32. The molecule has 1 N–H and O–H groups in total. The van der Waals surface area contributed by atoms with Crippen molar-refractivity contribution in [1.29, 1.82) is 0 Å². The minimum absolute atomic E-state index is 0.172. The number of nitrogens with one attached hydrogen (secondary N) is 1. The molecule has 0 aliphatic carbocycles. The van der Waals surface area contributed by atoms with Gasteiger partial charge in [0, 0.05) is 22.5 Å². The topological polar surface area (TPSA) is 38.3 Å². The van der Waals surface area contributed by atoms with Crippen LogP contribution < -0.4 is 5.32 Å². The molecule has 17 heavy (non-hydrogen) atoms. The van der Waals surface area contributed by atoms with Crippen molar-refractivity contribution >= 4 is 45.0 Å². The molecular formula is C11H12BrCl2NO2. The van der Waals surface area contributed by atoms with Crippen molar-refractivity contribution in [2.45, 2.75) is 0 Å². The molecular weight excluding hydrogens is 329 g/mol. The molecule has 6 heteroatoms. The predicted octanol–water partition coefficient (Wildman–Crippen LogP) is 3.09. The van der Waals surface area contributed by atoms with E-state index in [1.165, 1.54) is 0 Å². The lowest BCUT2D eigenvalue weighted by atomic mass is 10.2. The standard InChI is InChI=1S/C11H12BrCl2NO2/c12-9-2-1-8(7-10(9)14)11(16)15-4-6-17-5-3-13/h1-2,7H,3-6H2,(H,15,16). The summed E-state index contributed by atoms with van der Waals surface area (Å²) < 4.78 is 5.90. The van der Waals surface area contributed by atoms with Crippen molar-refractivity contribution in [2.24, 2.45) is 0 Å². The molecule has 0 heterocycles. The van der Waals surface area contributed by atoms with Crippen molar-refractivity contribution < 1.29 is 9.53 Å². The SMILES string of the molecule is O=C(NCCOCCCl)c1ccc(Br)c(Cl)c1. The van der Waals surface area contributed by atoms with Crippen molar-refractivity contribution in [2.75, 3.05) is 25.6 Å². The number of hydrogen-bond acceptors (Lipinski definition) is 2. The summed E-state index contributed by atoms with van der Waals surface area (Å²) in [7, 11) is 0. The molecule has 3 nitrogen and oxygen atoms in total. The number of carbonyl (C=O) groups is 1. The number of alkyl halides is 1. The second-order valence-electron chi connectivity index (χ2n) is 3.19. The summed E-state index contributed by atoms with van der Waals surface area (Å²) in [6, 6.07) is 5.05. The van der Waals surface area contributed by atoms with Crippen LogP contribution in [-0.4, -0.2) is 31.5 Å². The van der Waals surface area contributed by atoms with Gasteiger partial charge >= 0.3 is 0 Å². The van der Waals surface area contributed by atoms with Crippen molar-refractivity contribution in [3.05, 3.63) is 33.3 Å². The van der Waals surface area contributed by atoms with E-state index in [4.69, 9.17) is 27.9 Å². The Morgan fingerprint density at radius 3 is 2.82 bits per heavy atom. The fourth-order valence-electron chi connectivity index (χ4n) is 1.13. The summed E-state index contributed by atoms with van der Waals surface area (Å²) in [5.74, 6) is 0.282. The highest BCUT2D eigenvalue weighted by Crippen LogP contribution is 2.22. The van der Waals surface area contributed by atoms with Crippen molar-refractivity contribution in [3.63, 3.8) is 0 Å². The first kappa shape index (κ1) is 14.8. The van der Waals surface area contributed by atoms with Crippen LogP contribution in [0.4, 0.5) is 0 Å². The lowest BCUT2D eigenvalue weighted by molar-refractivity contribution is 0.0923. The molecule has 1 aromatic rings. The Balaban J connectivity index is 2.39. The third-order valence-electron chi connectivity index (χ3n) is 1.94. The van der Waals surface area contributed by atoms with E-state index >= 15 is 0 Å². The lowest BCUT2D eigenvalue weighted by Crippen LogP contribution is -2.27. The van der Waals surface area contributed by atoms with E-state index in [1.54, 1.807) is 18.2 Å². The van der Waals surface area contributed by atoms with Crippen molar-refractivity contribution in [3.8, 4) is 0 Å². The van der Waals surface area contributed by atoms with Crippen LogP contribution in [0, 0.1) is 0 Å². The van der Waals surface area contributed by atoms with Crippen LogP contribution in [0.15, 0.2) is 22.7 Å². The van der Waals surface area contributed by atoms with Gasteiger partial charge in [0.05, 0.1) is 18.2 Å². The van der Waals surface area contributed by atoms with Gasteiger partial charge in [0.15, 0.2) is 0 Å². The zero-order valence-corrected chi connectivity index (χ0v) is 12.1. The van der Waals surface area contributed by atoms with E-state index in [0.29, 0.717) is 36.2 Å². The summed E-state index contributed by atoms with van der Waals surface area (Å²) in [4.78, 5) is 11.7. The van der Waals surface area contributed by atoms with Gasteiger partial charge in [-0.15, -0.1) is 11.6 Å². The Bertz CT molecular complexity index is 388. The number of hydrogen-bond donors (Lipinski definition) is 1. The Hall–Kier alpha value is -0.290. The maximum absolute atomic E-state index is 11.7. The normalized spacial score (nSPS) is 10.3. The van der Waals surface area contributed by atoms with E-state index in [-0.39, 0.29) is 5.91 Å². The highest BCUT2D eigenvalue weighted by atomic mass is 79.9. The highest BCUT2D eigenvalue weighted by molar-refractivity contribution is 9.10. The Kier molecular flexibility index (Phi) is 6.89. The summed E-state index contributed by atoms with van der Waals surface area (Å²) in [5.41, 5.74) is 0.524. The number of benzene rings is 1. The number of ether oxygens (including phenoxy) is 1. The van der Waals surface area contributed by atoms with Crippen LogP contribution in [0.25, 0.3) is 0 Å². The molecule has 0 bridgehead atoms. The smallest absolute Gasteiger partial charge is 0.251 e. The number of carbonyl (C=O) groups excluding carboxylic acids is 1. The van der Waals surface area contributed by atoms with Crippen molar-refractivity contribution in [1.82, 2.24) is 5.32 Å². The highest BCUT2D eigenvalue weighted by Gasteiger charge is 2.06. The van der Waals surface area contributed by atoms with Crippen LogP contribution in [0.1, 0.15) is 10.4 Å². The molecule has 0 unspecified atom stereocenters. The molecule has 0 saturated carbocycles. The second-order valence-corrected chi connectivity index (χ2v) is 4.83. The molecule has 0 aliphatic heterocycles. The van der Waals surface area contributed by atoms with Gasteiger partial charge in [-0.2, -0.15) is 0 Å². The van der Waals surface area contributed by atoms with Gasteiger partial charge in [0.2, 0.25) is 0 Å². The second kappa shape index (κ2) is 7.93. The molecule has 0 radical (unpaired) electrons. The predicted molar refractivity (Wildman–Crippen MR) is 73.0 cm³/mol. The Morgan fingerprint density at radius 1 is 1.41 bits per heavy atom. The summed E-state index contributed by atoms with van der Waals surface area (Å²) in [6.45, 7) is 1.38. The molecule has 0 aromatic heterocycles. The van der Waals surface area contributed by atoms with E-state index in [9.17, 15) is 4.79 Å². The Morgan fingerprint density at radius 2 is 2.18 bits per heavy atom. The zero-order chi connectivity index (χ0) is 12.7. The first-order valence-electron chi connectivity index (χ1n) is 5.02. The molecule has 0 spiro atoms. The molecule has 1 rings (SSSR count). The average Bonchev–Trinajstić information content (AvgIpc) is 2.32. The molecule has 1 aromatic carbocycles. The quantitative estimate of drug-likeness (QED) is 0.638. The van der Waals surface area contributed by atoms with Crippen LogP contribution >= 0.6 is 39.1 Å². The van der Waals surface area contributed by atoms with Gasteiger partial charge in [0.1, 0.15) is 0 Å². The minimum Gasteiger partial charge on any atom is -0.378 e. The number of amides is 1. The number of rotatable bonds is 6. The maximum Gasteiger partial charge on any atom is 0.251 e. The lowest BCUT2D eigenvalue weighted by Gasteiger charge is -2.06. The number of halogens is 3. The van der Waals surface area contributed by atoms with E-state index < -0.39 is 0 Å². The summed E-state index contributed by atoms with van der Waals surface area (Å²) in [5, 5.41) is 3.23. The van der Waals surface area contributed by atoms with Gasteiger partial charge in [-0.25, -0.2) is 0 Å². The zero-order valence-electron chi connectivity index (χ0n) is 9.01. The van der Waals surface area contributed by atoms with Gasteiger partial charge in [0.25, 0.3) is 5.91 Å². The summed E-state index contributed by atoms with van der Waals surface area (Å²) >= 11 is 14.6. The molecule has 1 amide bonds. The molecule has 0 atom stereocenters. The van der Waals surface area contributed by atoms with Crippen LogP contribution in [-0.2, 0) is 4.74 Å². The van der Waals surface area contributed by atoms with Crippen LogP contribution in [0.2, 0.25) is 5.02 Å². The largest absolute Gasteiger partial charge is 0.378 e. The van der Waals surface area contributed by atoms with Gasteiger partial charge < -0.3 is 10.1 Å². The molecule has 94 valence electrons. The first-order chi connectivity index (χ1) is 8.15. The molecule has 0 saturated heterocycles. The first-order valence-corrected chi connectivity index (χ1v) is 6.72. The Labute approximate surface area is 119 Å². The van der Waals surface area contributed by atoms with Gasteiger partial charge in [-0.1, -0.05) is 11.6 Å². The van der Waals surface area contributed by atoms with Gasteiger partial charge in [-0.3, -0.25) is 4.79 Å². The maximum atomic E-state index is 11.7. The fourth-order valence-corrected chi connectivity index (χ4v) is 1.67. The average molecular weight is 341 g/mol. The fraction of sp³-hybridized carbons (Fsp3) is 0.364. The minimum atomic E-state index is -0.172. The van der Waals surface area contributed by atoms with Crippen LogP contribution in [0.5, 0.6) is 0 Å². The van der Waals surface area contributed by atoms with E-state index in [1.807, 2.05) is 0 Å². The van der Waals surface area contributed by atoms with E-state index in [0.717, 1.165) is 4.47 Å². The third kappa shape index (κ3) is 5.25. The van der Waals surface area contributed by atoms with E-state index in [2.05, 4.69) is 21.2 Å². The monoisotopic (exact) mass is 339 g/mol. The van der Waals surface area contributed by atoms with Crippen LogP contribution in [0.3, 0.4) is 0 Å². The summed E-state index contributed by atoms with van der Waals surface area (Å²) in [6.07, 6.45) is 0.